The Labute approximate surface area is 76.0 Å². The van der Waals surface area contributed by atoms with Crippen molar-refractivity contribution in [1.29, 1.82) is 0 Å². The molecule has 0 unspecified atom stereocenters. The van der Waals surface area contributed by atoms with Crippen LogP contribution in [0, 0.1) is 11.8 Å². The number of nitrogens with one attached hydrogen (secondary N) is 1. The summed E-state index contributed by atoms with van der Waals surface area (Å²) in [5.41, 5.74) is 11.2. The third-order valence-corrected chi connectivity index (χ3v) is 1.43. The normalized spacial score (nSPS) is 9.00. The van der Waals surface area contributed by atoms with E-state index in [2.05, 4.69) is 16.8 Å². The molecule has 0 radical (unpaired) electrons. The molecule has 0 aliphatic carbocycles. The Balaban J connectivity index is 2.87. The Hall–Kier alpha value is -1.73. The minimum Gasteiger partial charge on any atom is -0.394 e. The summed E-state index contributed by atoms with van der Waals surface area (Å²) < 4.78 is 0. The molecule has 0 aliphatic rings. The molecule has 0 amide bonds. The molecule has 4 heteroatoms. The molecule has 1 aromatic rings. The van der Waals surface area contributed by atoms with Crippen molar-refractivity contribution in [2.24, 2.45) is 5.73 Å². The van der Waals surface area contributed by atoms with Crippen LogP contribution in [0.1, 0.15) is 12.0 Å². The van der Waals surface area contributed by atoms with Gasteiger partial charge in [0.1, 0.15) is 0 Å². The maximum atomic E-state index is 10.9. The lowest BCUT2D eigenvalue weighted by Crippen LogP contribution is -2.10. The van der Waals surface area contributed by atoms with Crippen LogP contribution in [0.25, 0.3) is 0 Å². The van der Waals surface area contributed by atoms with Crippen LogP contribution in [0.3, 0.4) is 0 Å². The highest BCUT2D eigenvalue weighted by Gasteiger charge is 1.93. The molecule has 1 aromatic heterocycles. The van der Waals surface area contributed by atoms with Gasteiger partial charge in [-0.05, 0) is 6.07 Å². The van der Waals surface area contributed by atoms with Crippen LogP contribution < -0.4 is 17.0 Å². The zero-order valence-corrected chi connectivity index (χ0v) is 7.13. The van der Waals surface area contributed by atoms with Gasteiger partial charge in [0.25, 0.3) is 5.56 Å². The van der Waals surface area contributed by atoms with Gasteiger partial charge in [-0.3, -0.25) is 4.79 Å². The highest BCUT2D eigenvalue weighted by atomic mass is 16.1. The second-order valence-corrected chi connectivity index (χ2v) is 2.51. The fourth-order valence-corrected chi connectivity index (χ4v) is 0.810. The predicted molar refractivity (Wildman–Crippen MR) is 52.0 cm³/mol. The van der Waals surface area contributed by atoms with E-state index in [1.165, 1.54) is 6.20 Å². The Bertz CT molecular complexity index is 397. The smallest absolute Gasteiger partial charge is 0.271 e. The summed E-state index contributed by atoms with van der Waals surface area (Å²) in [4.78, 5) is 13.3. The molecule has 0 atom stereocenters. The van der Waals surface area contributed by atoms with Crippen molar-refractivity contribution in [3.05, 3.63) is 28.2 Å². The van der Waals surface area contributed by atoms with Gasteiger partial charge in [-0.1, -0.05) is 11.8 Å². The monoisotopic (exact) mass is 177 g/mol. The lowest BCUT2D eigenvalue weighted by atomic mass is 10.2. The highest BCUT2D eigenvalue weighted by Crippen LogP contribution is 1.96. The lowest BCUT2D eigenvalue weighted by Gasteiger charge is -1.91. The molecule has 0 aliphatic heterocycles. The zero-order chi connectivity index (χ0) is 9.68. The van der Waals surface area contributed by atoms with Crippen molar-refractivity contribution in [3.63, 3.8) is 0 Å². The van der Waals surface area contributed by atoms with Gasteiger partial charge in [0.2, 0.25) is 0 Å². The minimum absolute atomic E-state index is 0.180. The van der Waals surface area contributed by atoms with Crippen LogP contribution >= 0.6 is 0 Å². The van der Waals surface area contributed by atoms with Crippen LogP contribution in [0.4, 0.5) is 5.69 Å². The van der Waals surface area contributed by atoms with Gasteiger partial charge in [0, 0.05) is 24.7 Å². The number of rotatable bonds is 1. The van der Waals surface area contributed by atoms with E-state index in [1.54, 1.807) is 6.07 Å². The van der Waals surface area contributed by atoms with E-state index in [1.807, 2.05) is 0 Å². The first-order valence-electron chi connectivity index (χ1n) is 3.91. The predicted octanol–water partition coefficient (Wildman–Crippen LogP) is -0.343. The molecular weight excluding hydrogens is 166 g/mol. The van der Waals surface area contributed by atoms with Crippen molar-refractivity contribution in [2.45, 2.75) is 6.42 Å². The van der Waals surface area contributed by atoms with Crippen LogP contribution in [-0.2, 0) is 0 Å². The number of pyridine rings is 1. The van der Waals surface area contributed by atoms with Gasteiger partial charge in [-0.25, -0.2) is 0 Å². The summed E-state index contributed by atoms with van der Waals surface area (Å²) in [7, 11) is 0. The molecule has 1 rings (SSSR count). The van der Waals surface area contributed by atoms with E-state index in [0.29, 0.717) is 18.5 Å². The molecule has 0 aromatic carbocycles. The highest BCUT2D eigenvalue weighted by molar-refractivity contribution is 5.43. The number of aromatic nitrogens is 1. The quantitative estimate of drug-likeness (QED) is 0.513. The second kappa shape index (κ2) is 4.33. The molecule has 68 valence electrons. The number of hydrogen-bond acceptors (Lipinski definition) is 3. The van der Waals surface area contributed by atoms with Gasteiger partial charge in [-0.15, -0.1) is 0 Å². The van der Waals surface area contributed by atoms with E-state index in [-0.39, 0.29) is 11.2 Å². The Morgan fingerprint density at radius 2 is 2.31 bits per heavy atom. The minimum atomic E-state index is -0.288. The van der Waals surface area contributed by atoms with Crippen molar-refractivity contribution in [1.82, 2.24) is 4.98 Å². The average Bonchev–Trinajstić information content (AvgIpc) is 2.12. The molecule has 0 spiro atoms. The largest absolute Gasteiger partial charge is 0.394 e. The van der Waals surface area contributed by atoms with E-state index in [0.717, 1.165) is 0 Å². The van der Waals surface area contributed by atoms with Crippen LogP contribution in [0.5, 0.6) is 0 Å². The molecule has 0 fully saturated rings. The molecule has 13 heavy (non-hydrogen) atoms. The second-order valence-electron chi connectivity index (χ2n) is 2.51. The first-order chi connectivity index (χ1) is 6.24. The Morgan fingerprint density at radius 3 is 2.92 bits per heavy atom. The van der Waals surface area contributed by atoms with Crippen molar-refractivity contribution >= 4 is 5.69 Å². The summed E-state index contributed by atoms with van der Waals surface area (Å²) in [5, 5.41) is 0. The van der Waals surface area contributed by atoms with Crippen LogP contribution in [0.2, 0.25) is 0 Å². The Morgan fingerprint density at radius 1 is 1.54 bits per heavy atom. The fraction of sp³-hybridized carbons (Fsp3) is 0.222. The van der Waals surface area contributed by atoms with E-state index >= 15 is 0 Å². The summed E-state index contributed by atoms with van der Waals surface area (Å²) in [6.07, 6.45) is 2.17. The van der Waals surface area contributed by atoms with Gasteiger partial charge in [0.15, 0.2) is 0 Å². The van der Waals surface area contributed by atoms with Gasteiger partial charge in [0.05, 0.1) is 5.69 Å². The summed E-state index contributed by atoms with van der Waals surface area (Å²) >= 11 is 0. The number of nitrogen functional groups attached to an aromatic ring is 1. The van der Waals surface area contributed by atoms with Gasteiger partial charge in [-0.2, -0.15) is 0 Å². The summed E-state index contributed by atoms with van der Waals surface area (Å²) in [5.74, 6) is 5.68. The molecule has 1 heterocycles. The summed E-state index contributed by atoms with van der Waals surface area (Å²) in [6, 6.07) is 1.54. The van der Waals surface area contributed by atoms with E-state index in [4.69, 9.17) is 11.5 Å². The Kier molecular flexibility index (Phi) is 3.12. The lowest BCUT2D eigenvalue weighted by molar-refractivity contribution is 1.03. The maximum absolute atomic E-state index is 10.9. The van der Waals surface area contributed by atoms with E-state index in [9.17, 15) is 4.79 Å². The van der Waals surface area contributed by atoms with Gasteiger partial charge < -0.3 is 16.5 Å². The SMILES string of the molecule is NCCC#Cc1c[nH]c(=O)c(N)c1. The van der Waals surface area contributed by atoms with Crippen molar-refractivity contribution < 1.29 is 0 Å². The zero-order valence-electron chi connectivity index (χ0n) is 7.13. The average molecular weight is 177 g/mol. The fourth-order valence-electron chi connectivity index (χ4n) is 0.810. The topological polar surface area (TPSA) is 84.9 Å². The third kappa shape index (κ3) is 2.65. The summed E-state index contributed by atoms with van der Waals surface area (Å²) in [6.45, 7) is 0.534. The van der Waals surface area contributed by atoms with Crippen LogP contribution in [0.15, 0.2) is 17.1 Å². The number of nitrogens with two attached hydrogens (primary N) is 2. The molecule has 5 N–H and O–H groups in total. The van der Waals surface area contributed by atoms with Crippen LogP contribution in [-0.4, -0.2) is 11.5 Å². The number of anilines is 1. The third-order valence-electron chi connectivity index (χ3n) is 1.43. The first-order valence-corrected chi connectivity index (χ1v) is 3.91. The molecule has 0 saturated carbocycles. The molecule has 0 bridgehead atoms. The van der Waals surface area contributed by atoms with Crippen molar-refractivity contribution in [2.75, 3.05) is 12.3 Å². The first kappa shape index (κ1) is 9.36. The molecule has 0 saturated heterocycles. The number of aromatic amines is 1. The molecular formula is C9H11N3O. The number of hydrogen-bond donors (Lipinski definition) is 3. The number of H-pyrrole nitrogens is 1. The van der Waals surface area contributed by atoms with Gasteiger partial charge >= 0.3 is 0 Å². The standard InChI is InChI=1S/C9H11N3O/c10-4-2-1-3-7-5-8(11)9(13)12-6-7/h5-6H,2,4,10-11H2,(H,12,13). The maximum Gasteiger partial charge on any atom is 0.271 e. The van der Waals surface area contributed by atoms with E-state index < -0.39 is 0 Å². The molecule has 4 nitrogen and oxygen atoms in total. The van der Waals surface area contributed by atoms with Crippen molar-refractivity contribution in [3.8, 4) is 11.8 Å².